The van der Waals surface area contributed by atoms with Crippen molar-refractivity contribution in [3.8, 4) is 0 Å². The van der Waals surface area contributed by atoms with Crippen molar-refractivity contribution in [2.75, 3.05) is 25.1 Å². The van der Waals surface area contributed by atoms with Crippen molar-refractivity contribution in [1.29, 1.82) is 0 Å². The molecule has 0 radical (unpaired) electrons. The van der Waals surface area contributed by atoms with E-state index in [-0.39, 0.29) is 6.10 Å². The number of carboxylic acids is 1. The van der Waals surface area contributed by atoms with Gasteiger partial charge in [0.15, 0.2) is 5.13 Å². The van der Waals surface area contributed by atoms with Gasteiger partial charge in [0.1, 0.15) is 4.88 Å². The summed E-state index contributed by atoms with van der Waals surface area (Å²) in [5.41, 5.74) is 0.768. The topological polar surface area (TPSA) is 62.7 Å². The number of aromatic nitrogens is 1. The fourth-order valence-electron chi connectivity index (χ4n) is 1.79. The van der Waals surface area contributed by atoms with Crippen LogP contribution >= 0.6 is 11.3 Å². The van der Waals surface area contributed by atoms with Gasteiger partial charge in [-0.15, -0.1) is 0 Å². The molecule has 1 aliphatic rings. The van der Waals surface area contributed by atoms with Gasteiger partial charge < -0.3 is 14.7 Å². The summed E-state index contributed by atoms with van der Waals surface area (Å²) in [7, 11) is 1.92. The number of carbonyl (C=O) groups is 1. The summed E-state index contributed by atoms with van der Waals surface area (Å²) in [6.45, 7) is 5.33. The number of aromatic carboxylic acids is 1. The highest BCUT2D eigenvalue weighted by Crippen LogP contribution is 2.44. The SMILES string of the molecule is CC(C)OCCN(C)c1nc(C2CC2)c(C(=O)O)s1. The quantitative estimate of drug-likeness (QED) is 0.833. The average molecular weight is 284 g/mol. The van der Waals surface area contributed by atoms with E-state index in [2.05, 4.69) is 4.98 Å². The van der Waals surface area contributed by atoms with E-state index in [0.717, 1.165) is 30.2 Å². The molecule has 2 rings (SSSR count). The summed E-state index contributed by atoms with van der Waals surface area (Å²) in [6.07, 6.45) is 2.33. The Morgan fingerprint density at radius 2 is 2.26 bits per heavy atom. The molecule has 0 aliphatic heterocycles. The van der Waals surface area contributed by atoms with Crippen molar-refractivity contribution in [1.82, 2.24) is 4.98 Å². The number of carboxylic acid groups (broad SMARTS) is 1. The maximum absolute atomic E-state index is 11.2. The zero-order valence-corrected chi connectivity index (χ0v) is 12.4. The summed E-state index contributed by atoms with van der Waals surface area (Å²) in [6, 6.07) is 0. The van der Waals surface area contributed by atoms with Crippen LogP contribution in [0.1, 0.15) is 48.0 Å². The zero-order valence-electron chi connectivity index (χ0n) is 11.5. The standard InChI is InChI=1S/C13H20N2O3S/c1-8(2)18-7-6-15(3)13-14-10(9-4-5-9)11(19-13)12(16)17/h8-9H,4-7H2,1-3H3,(H,16,17). The van der Waals surface area contributed by atoms with Gasteiger partial charge in [0.2, 0.25) is 0 Å². The molecule has 1 aliphatic carbocycles. The van der Waals surface area contributed by atoms with E-state index in [1.165, 1.54) is 11.3 Å². The lowest BCUT2D eigenvalue weighted by molar-refractivity contribution is 0.0700. The predicted molar refractivity (Wildman–Crippen MR) is 75.4 cm³/mol. The molecule has 0 amide bonds. The molecule has 0 unspecified atom stereocenters. The Labute approximate surface area is 117 Å². The molecular formula is C13H20N2O3S. The number of hydrogen-bond acceptors (Lipinski definition) is 5. The van der Waals surface area contributed by atoms with Crippen LogP contribution in [-0.2, 0) is 4.74 Å². The third-order valence-corrected chi connectivity index (χ3v) is 4.18. The number of ether oxygens (including phenoxy) is 1. The van der Waals surface area contributed by atoms with Crippen LogP contribution in [0.5, 0.6) is 0 Å². The number of hydrogen-bond donors (Lipinski definition) is 1. The Hall–Kier alpha value is -1.14. The first-order valence-electron chi connectivity index (χ1n) is 6.55. The van der Waals surface area contributed by atoms with Crippen molar-refractivity contribution in [2.45, 2.75) is 38.7 Å². The maximum Gasteiger partial charge on any atom is 0.347 e. The molecule has 19 heavy (non-hydrogen) atoms. The fraction of sp³-hybridized carbons (Fsp3) is 0.692. The van der Waals surface area contributed by atoms with Crippen molar-refractivity contribution in [3.63, 3.8) is 0 Å². The van der Waals surface area contributed by atoms with Gasteiger partial charge in [0.25, 0.3) is 0 Å². The van der Waals surface area contributed by atoms with Crippen molar-refractivity contribution < 1.29 is 14.6 Å². The molecule has 1 aromatic rings. The maximum atomic E-state index is 11.2. The average Bonchev–Trinajstić information content (AvgIpc) is 3.07. The number of thiazole rings is 1. The number of likely N-dealkylation sites (N-methyl/N-ethyl adjacent to an activating group) is 1. The summed E-state index contributed by atoms with van der Waals surface area (Å²) in [4.78, 5) is 18.1. The lowest BCUT2D eigenvalue weighted by Gasteiger charge is -2.16. The molecule has 5 nitrogen and oxygen atoms in total. The number of rotatable bonds is 7. The highest BCUT2D eigenvalue weighted by molar-refractivity contribution is 7.17. The molecule has 106 valence electrons. The molecule has 1 fully saturated rings. The van der Waals surface area contributed by atoms with Crippen LogP contribution in [-0.4, -0.2) is 42.4 Å². The monoisotopic (exact) mass is 284 g/mol. The lowest BCUT2D eigenvalue weighted by Crippen LogP contribution is -2.23. The van der Waals surface area contributed by atoms with Gasteiger partial charge in [-0.25, -0.2) is 9.78 Å². The van der Waals surface area contributed by atoms with Gasteiger partial charge in [0, 0.05) is 19.5 Å². The minimum atomic E-state index is -0.863. The van der Waals surface area contributed by atoms with Crippen molar-refractivity contribution in [2.24, 2.45) is 0 Å². The highest BCUT2D eigenvalue weighted by atomic mass is 32.1. The normalized spacial score (nSPS) is 14.9. The lowest BCUT2D eigenvalue weighted by atomic mass is 10.2. The number of nitrogens with zero attached hydrogens (tertiary/aromatic N) is 2. The van der Waals surface area contributed by atoms with Gasteiger partial charge >= 0.3 is 5.97 Å². The summed E-state index contributed by atoms with van der Waals surface area (Å²) in [5.74, 6) is -0.506. The fourth-order valence-corrected chi connectivity index (χ4v) is 2.77. The largest absolute Gasteiger partial charge is 0.477 e. The Kier molecular flexibility index (Phi) is 4.42. The first-order valence-corrected chi connectivity index (χ1v) is 7.37. The number of anilines is 1. The third kappa shape index (κ3) is 3.67. The van der Waals surface area contributed by atoms with Crippen LogP contribution in [0.3, 0.4) is 0 Å². The Balaban J connectivity index is 2.03. The van der Waals surface area contributed by atoms with E-state index in [1.807, 2.05) is 25.8 Å². The molecule has 1 saturated carbocycles. The van der Waals surface area contributed by atoms with E-state index in [9.17, 15) is 9.90 Å². The van der Waals surface area contributed by atoms with Gasteiger partial charge in [0.05, 0.1) is 18.4 Å². The zero-order chi connectivity index (χ0) is 14.0. The van der Waals surface area contributed by atoms with Gasteiger partial charge in [-0.2, -0.15) is 0 Å². The second-order valence-electron chi connectivity index (χ2n) is 5.13. The van der Waals surface area contributed by atoms with Gasteiger partial charge in [-0.05, 0) is 26.7 Å². The Morgan fingerprint density at radius 1 is 1.58 bits per heavy atom. The highest BCUT2D eigenvalue weighted by Gasteiger charge is 2.32. The molecule has 1 heterocycles. The van der Waals surface area contributed by atoms with E-state index < -0.39 is 5.97 Å². The van der Waals surface area contributed by atoms with Gasteiger partial charge in [-0.1, -0.05) is 11.3 Å². The molecule has 0 saturated heterocycles. The van der Waals surface area contributed by atoms with E-state index >= 15 is 0 Å². The first-order chi connectivity index (χ1) is 8.99. The van der Waals surface area contributed by atoms with Gasteiger partial charge in [-0.3, -0.25) is 0 Å². The minimum Gasteiger partial charge on any atom is -0.477 e. The minimum absolute atomic E-state index is 0.210. The Bertz CT molecular complexity index is 455. The summed E-state index contributed by atoms with van der Waals surface area (Å²) >= 11 is 1.26. The van der Waals surface area contributed by atoms with E-state index in [0.29, 0.717) is 17.4 Å². The van der Waals surface area contributed by atoms with Crippen LogP contribution in [0.2, 0.25) is 0 Å². The summed E-state index contributed by atoms with van der Waals surface area (Å²) < 4.78 is 5.50. The molecule has 6 heteroatoms. The molecule has 0 atom stereocenters. The van der Waals surface area contributed by atoms with Crippen LogP contribution in [0, 0.1) is 0 Å². The predicted octanol–water partition coefficient (Wildman–Crippen LogP) is 2.58. The first kappa shape index (κ1) is 14.3. The molecular weight excluding hydrogens is 264 g/mol. The second-order valence-corrected chi connectivity index (χ2v) is 6.11. The van der Waals surface area contributed by atoms with Crippen LogP contribution in [0.15, 0.2) is 0 Å². The van der Waals surface area contributed by atoms with Crippen LogP contribution < -0.4 is 4.90 Å². The van der Waals surface area contributed by atoms with E-state index in [4.69, 9.17) is 4.74 Å². The van der Waals surface area contributed by atoms with Crippen LogP contribution in [0.25, 0.3) is 0 Å². The summed E-state index contributed by atoms with van der Waals surface area (Å²) in [5, 5.41) is 9.98. The molecule has 1 aromatic heterocycles. The molecule has 0 bridgehead atoms. The third-order valence-electron chi connectivity index (χ3n) is 3.00. The molecule has 1 N–H and O–H groups in total. The Morgan fingerprint density at radius 3 is 2.79 bits per heavy atom. The van der Waals surface area contributed by atoms with Crippen molar-refractivity contribution in [3.05, 3.63) is 10.6 Å². The van der Waals surface area contributed by atoms with Crippen molar-refractivity contribution >= 4 is 22.4 Å². The second kappa shape index (κ2) is 5.88. The van der Waals surface area contributed by atoms with E-state index in [1.54, 1.807) is 0 Å². The molecule has 0 aromatic carbocycles. The smallest absolute Gasteiger partial charge is 0.347 e. The van der Waals surface area contributed by atoms with Crippen LogP contribution in [0.4, 0.5) is 5.13 Å². The molecule has 0 spiro atoms.